The van der Waals surface area contributed by atoms with Gasteiger partial charge in [-0.3, -0.25) is 14.4 Å². The monoisotopic (exact) mass is 292 g/mol. The summed E-state index contributed by atoms with van der Waals surface area (Å²) in [5.41, 5.74) is 4.87. The molecule has 1 aromatic heterocycles. The summed E-state index contributed by atoms with van der Waals surface area (Å²) in [7, 11) is 1.33. The maximum absolute atomic E-state index is 12.1. The van der Waals surface area contributed by atoms with Gasteiger partial charge in [-0.05, 0) is 12.8 Å². The predicted molar refractivity (Wildman–Crippen MR) is 73.8 cm³/mol. The second kappa shape index (κ2) is 6.25. The molecule has 1 aliphatic rings. The van der Waals surface area contributed by atoms with Crippen molar-refractivity contribution >= 4 is 11.8 Å². The molecule has 7 heteroatoms. The van der Waals surface area contributed by atoms with Crippen LogP contribution in [0.1, 0.15) is 23.4 Å². The molecule has 2 amide bonds. The molecule has 2 rings (SSSR count). The van der Waals surface area contributed by atoms with E-state index in [4.69, 9.17) is 14.9 Å². The molecule has 3 N–H and O–H groups in total. The number of allylic oxidation sites excluding steroid dienone is 1. The van der Waals surface area contributed by atoms with Crippen LogP contribution in [-0.4, -0.2) is 25.0 Å². The van der Waals surface area contributed by atoms with Gasteiger partial charge in [-0.25, -0.2) is 0 Å². The van der Waals surface area contributed by atoms with Crippen molar-refractivity contribution in [3.63, 3.8) is 0 Å². The first-order chi connectivity index (χ1) is 10.0. The standard InChI is InChI=1S/C14H16N2O5/c1-20-12-7-21-11(6-10(12)17)14(19)16-9-5-3-2-4-8(9)13(15)18/h2-3,6-9H,4-5H2,1H3,(H2,15,18)(H,16,19)/t8-,9-/m1/s1. The van der Waals surface area contributed by atoms with Crippen molar-refractivity contribution in [1.29, 1.82) is 0 Å². The number of rotatable bonds is 4. The Morgan fingerprint density at radius 2 is 2.10 bits per heavy atom. The van der Waals surface area contributed by atoms with Gasteiger partial charge >= 0.3 is 0 Å². The van der Waals surface area contributed by atoms with Crippen LogP contribution in [0.2, 0.25) is 0 Å². The van der Waals surface area contributed by atoms with Gasteiger partial charge in [-0.2, -0.15) is 0 Å². The number of nitrogens with two attached hydrogens (primary N) is 1. The summed E-state index contributed by atoms with van der Waals surface area (Å²) in [6, 6.07) is 0.638. The minimum absolute atomic E-state index is 0.0159. The van der Waals surface area contributed by atoms with Gasteiger partial charge in [-0.15, -0.1) is 0 Å². The Hall–Kier alpha value is -2.57. The van der Waals surface area contributed by atoms with E-state index in [1.807, 2.05) is 12.2 Å². The average Bonchev–Trinajstić information content (AvgIpc) is 2.47. The normalized spacial score (nSPS) is 20.8. The summed E-state index contributed by atoms with van der Waals surface area (Å²) in [5, 5.41) is 2.67. The molecule has 0 aromatic carbocycles. The topological polar surface area (TPSA) is 112 Å². The molecular weight excluding hydrogens is 276 g/mol. The number of amides is 2. The maximum Gasteiger partial charge on any atom is 0.287 e. The zero-order valence-electron chi connectivity index (χ0n) is 11.5. The smallest absolute Gasteiger partial charge is 0.287 e. The second-order valence-corrected chi connectivity index (χ2v) is 4.71. The first-order valence-electron chi connectivity index (χ1n) is 6.45. The van der Waals surface area contributed by atoms with Crippen molar-refractivity contribution in [3.05, 3.63) is 40.5 Å². The van der Waals surface area contributed by atoms with E-state index in [2.05, 4.69) is 5.32 Å². The molecule has 112 valence electrons. The van der Waals surface area contributed by atoms with Gasteiger partial charge in [0.1, 0.15) is 6.26 Å². The van der Waals surface area contributed by atoms with Gasteiger partial charge in [0.05, 0.1) is 13.0 Å². The van der Waals surface area contributed by atoms with Crippen LogP contribution >= 0.6 is 0 Å². The predicted octanol–water partition coefficient (Wildman–Crippen LogP) is 0.198. The molecule has 1 aliphatic carbocycles. The molecule has 0 unspecified atom stereocenters. The third-order valence-corrected chi connectivity index (χ3v) is 3.36. The lowest BCUT2D eigenvalue weighted by Gasteiger charge is -2.26. The van der Waals surface area contributed by atoms with E-state index in [9.17, 15) is 14.4 Å². The number of ether oxygens (including phenoxy) is 1. The van der Waals surface area contributed by atoms with E-state index in [0.29, 0.717) is 12.8 Å². The molecule has 1 heterocycles. The first kappa shape index (κ1) is 14.8. The fourth-order valence-corrected chi connectivity index (χ4v) is 2.19. The van der Waals surface area contributed by atoms with Crippen LogP contribution in [0.5, 0.6) is 5.75 Å². The van der Waals surface area contributed by atoms with E-state index in [1.165, 1.54) is 7.11 Å². The summed E-state index contributed by atoms with van der Waals surface area (Å²) in [5.74, 6) is -1.63. The third-order valence-electron chi connectivity index (χ3n) is 3.36. The molecule has 0 saturated carbocycles. The van der Waals surface area contributed by atoms with Gasteiger partial charge in [0.15, 0.2) is 5.76 Å². The number of hydrogen-bond donors (Lipinski definition) is 2. The lowest BCUT2D eigenvalue weighted by molar-refractivity contribution is -0.122. The minimum Gasteiger partial charge on any atom is -0.490 e. The molecule has 21 heavy (non-hydrogen) atoms. The number of primary amides is 1. The van der Waals surface area contributed by atoms with Gasteiger partial charge in [0, 0.05) is 12.1 Å². The Bertz CT molecular complexity index is 634. The van der Waals surface area contributed by atoms with Gasteiger partial charge in [-0.1, -0.05) is 12.2 Å². The zero-order valence-corrected chi connectivity index (χ0v) is 11.5. The van der Waals surface area contributed by atoms with Gasteiger partial charge in [0.25, 0.3) is 5.91 Å². The summed E-state index contributed by atoms with van der Waals surface area (Å²) in [6.07, 6.45) is 5.77. The Labute approximate surface area is 120 Å². The second-order valence-electron chi connectivity index (χ2n) is 4.71. The third kappa shape index (κ3) is 3.31. The van der Waals surface area contributed by atoms with Crippen LogP contribution in [-0.2, 0) is 4.79 Å². The Balaban J connectivity index is 2.13. The van der Waals surface area contributed by atoms with E-state index in [0.717, 1.165) is 12.3 Å². The van der Waals surface area contributed by atoms with Crippen LogP contribution in [0.4, 0.5) is 0 Å². The van der Waals surface area contributed by atoms with E-state index in [1.54, 1.807) is 0 Å². The highest BCUT2D eigenvalue weighted by molar-refractivity contribution is 5.92. The lowest BCUT2D eigenvalue weighted by Crippen LogP contribution is -2.46. The Kier molecular flexibility index (Phi) is 4.42. The largest absolute Gasteiger partial charge is 0.490 e. The highest BCUT2D eigenvalue weighted by Gasteiger charge is 2.29. The number of methoxy groups -OCH3 is 1. The van der Waals surface area contributed by atoms with Crippen LogP contribution in [0.15, 0.2) is 33.7 Å². The van der Waals surface area contributed by atoms with Crippen molar-refractivity contribution < 1.29 is 18.7 Å². The molecular formula is C14H16N2O5. The van der Waals surface area contributed by atoms with Crippen molar-refractivity contribution in [1.82, 2.24) is 5.32 Å². The number of carbonyl (C=O) groups is 2. The quantitative estimate of drug-likeness (QED) is 0.770. The fraction of sp³-hybridized carbons (Fsp3) is 0.357. The van der Waals surface area contributed by atoms with Crippen molar-refractivity contribution in [2.45, 2.75) is 18.9 Å². The van der Waals surface area contributed by atoms with Crippen LogP contribution in [0, 0.1) is 5.92 Å². The molecule has 0 saturated heterocycles. The minimum atomic E-state index is -0.568. The fourth-order valence-electron chi connectivity index (χ4n) is 2.19. The summed E-state index contributed by atoms with van der Waals surface area (Å²) < 4.78 is 9.83. The van der Waals surface area contributed by atoms with Crippen molar-refractivity contribution in [2.24, 2.45) is 11.7 Å². The highest BCUT2D eigenvalue weighted by Crippen LogP contribution is 2.19. The van der Waals surface area contributed by atoms with E-state index >= 15 is 0 Å². The molecule has 0 aliphatic heterocycles. The highest BCUT2D eigenvalue weighted by atomic mass is 16.5. The van der Waals surface area contributed by atoms with Crippen molar-refractivity contribution in [2.75, 3.05) is 7.11 Å². The molecule has 0 radical (unpaired) electrons. The first-order valence-corrected chi connectivity index (χ1v) is 6.45. The Morgan fingerprint density at radius 1 is 1.38 bits per heavy atom. The molecule has 2 atom stereocenters. The molecule has 1 aromatic rings. The van der Waals surface area contributed by atoms with Crippen LogP contribution < -0.4 is 21.2 Å². The Morgan fingerprint density at radius 3 is 2.71 bits per heavy atom. The summed E-state index contributed by atoms with van der Waals surface area (Å²) in [4.78, 5) is 35.0. The molecule has 0 bridgehead atoms. The van der Waals surface area contributed by atoms with Crippen LogP contribution in [0.25, 0.3) is 0 Å². The summed E-state index contributed by atoms with van der Waals surface area (Å²) >= 11 is 0. The van der Waals surface area contributed by atoms with Gasteiger partial charge < -0.3 is 20.2 Å². The number of carbonyl (C=O) groups excluding carboxylic acids is 2. The lowest BCUT2D eigenvalue weighted by atomic mass is 9.88. The molecule has 0 spiro atoms. The summed E-state index contributed by atoms with van der Waals surface area (Å²) in [6.45, 7) is 0. The average molecular weight is 292 g/mol. The van der Waals surface area contributed by atoms with E-state index < -0.39 is 29.2 Å². The maximum atomic E-state index is 12.1. The number of hydrogen-bond acceptors (Lipinski definition) is 5. The van der Waals surface area contributed by atoms with Crippen LogP contribution in [0.3, 0.4) is 0 Å². The zero-order chi connectivity index (χ0) is 15.4. The van der Waals surface area contributed by atoms with Crippen molar-refractivity contribution in [3.8, 4) is 5.75 Å². The SMILES string of the molecule is COc1coc(C(=O)N[C@@H]2CC=CC[C@H]2C(N)=O)cc1=O. The van der Waals surface area contributed by atoms with E-state index in [-0.39, 0.29) is 11.5 Å². The molecule has 0 fully saturated rings. The molecule has 7 nitrogen and oxygen atoms in total. The number of nitrogens with one attached hydrogen (secondary N) is 1. The van der Waals surface area contributed by atoms with Gasteiger partial charge in [0.2, 0.25) is 17.1 Å².